The third-order valence-electron chi connectivity index (χ3n) is 6.64. The fourth-order valence-electron chi connectivity index (χ4n) is 4.65. The zero-order valence-electron chi connectivity index (χ0n) is 18.0. The summed E-state index contributed by atoms with van der Waals surface area (Å²) in [6.07, 6.45) is 10.8. The Morgan fingerprint density at radius 3 is 2.50 bits per heavy atom. The van der Waals surface area contributed by atoms with Gasteiger partial charge in [-0.05, 0) is 57.5 Å². The van der Waals surface area contributed by atoms with Gasteiger partial charge in [-0.25, -0.2) is 4.98 Å². The van der Waals surface area contributed by atoms with Gasteiger partial charge in [0, 0.05) is 30.9 Å². The fraction of sp³-hybridized carbons (Fsp3) is 0.773. The molecule has 3 aliphatic rings. The van der Waals surface area contributed by atoms with Crippen molar-refractivity contribution in [3.63, 3.8) is 0 Å². The third-order valence-corrected chi connectivity index (χ3v) is 6.64. The van der Waals surface area contributed by atoms with Crippen LogP contribution >= 0.6 is 0 Å². The Hall–Kier alpha value is -1.69. The molecule has 1 saturated heterocycles. The molecule has 0 bridgehead atoms. The first-order valence-electron chi connectivity index (χ1n) is 11.2. The van der Waals surface area contributed by atoms with Crippen LogP contribution in [0.2, 0.25) is 0 Å². The predicted octanol–water partition coefficient (Wildman–Crippen LogP) is 3.52. The van der Waals surface area contributed by atoms with E-state index in [9.17, 15) is 4.79 Å². The summed E-state index contributed by atoms with van der Waals surface area (Å²) in [6.45, 7) is 8.41. The maximum absolute atomic E-state index is 11.8. The second-order valence-electron chi connectivity index (χ2n) is 8.46. The molecule has 3 fully saturated rings. The Balaban J connectivity index is 0.00000109. The van der Waals surface area contributed by atoms with E-state index in [2.05, 4.69) is 34.5 Å². The smallest absolute Gasteiger partial charge is 0.224 e. The molecule has 28 heavy (non-hydrogen) atoms. The van der Waals surface area contributed by atoms with Crippen molar-refractivity contribution in [1.82, 2.24) is 15.3 Å². The van der Waals surface area contributed by atoms with Crippen LogP contribution in [0, 0.1) is 5.92 Å². The largest absolute Gasteiger partial charge is 0.356 e. The van der Waals surface area contributed by atoms with E-state index < -0.39 is 0 Å². The van der Waals surface area contributed by atoms with Crippen molar-refractivity contribution in [3.05, 3.63) is 11.8 Å². The number of piperidine rings is 1. The standard InChI is InChI=1S/C20H31N5O.C2H6/c1-14-4-3-5-17(14)25(2)18-16(20(13-26)8-9-20)12-22-19(24-18)23-15-6-10-21-11-7-15;1-2/h12-15,17,21H,3-11H2,1-2H3,(H,22,23,24);1-2H3. The van der Waals surface area contributed by atoms with Crippen molar-refractivity contribution in [2.45, 2.75) is 83.2 Å². The van der Waals surface area contributed by atoms with E-state index in [1.807, 2.05) is 20.0 Å². The van der Waals surface area contributed by atoms with Gasteiger partial charge in [-0.2, -0.15) is 4.98 Å². The zero-order valence-corrected chi connectivity index (χ0v) is 18.0. The number of carbonyl (C=O) groups is 1. The molecule has 1 aliphatic heterocycles. The number of carbonyl (C=O) groups excluding carboxylic acids is 1. The molecule has 6 heteroatoms. The molecule has 2 aliphatic carbocycles. The quantitative estimate of drug-likeness (QED) is 0.728. The lowest BCUT2D eigenvalue weighted by atomic mass is 9.98. The van der Waals surface area contributed by atoms with E-state index in [1.54, 1.807) is 0 Å². The lowest BCUT2D eigenvalue weighted by Gasteiger charge is -2.32. The summed E-state index contributed by atoms with van der Waals surface area (Å²) < 4.78 is 0. The first kappa shape index (κ1) is 21.0. The van der Waals surface area contributed by atoms with Gasteiger partial charge in [0.05, 0.1) is 5.41 Å². The molecular weight excluding hydrogens is 350 g/mol. The lowest BCUT2D eigenvalue weighted by Crippen LogP contribution is -2.37. The summed E-state index contributed by atoms with van der Waals surface area (Å²) >= 11 is 0. The Morgan fingerprint density at radius 1 is 1.21 bits per heavy atom. The minimum atomic E-state index is -0.348. The van der Waals surface area contributed by atoms with Crippen LogP contribution in [-0.2, 0) is 10.2 Å². The molecule has 0 radical (unpaired) electrons. The lowest BCUT2D eigenvalue weighted by molar-refractivity contribution is -0.109. The Labute approximate surface area is 169 Å². The average molecular weight is 388 g/mol. The van der Waals surface area contributed by atoms with Crippen LogP contribution < -0.4 is 15.5 Å². The first-order chi connectivity index (χ1) is 13.6. The van der Waals surface area contributed by atoms with E-state index >= 15 is 0 Å². The van der Waals surface area contributed by atoms with Crippen molar-refractivity contribution in [1.29, 1.82) is 0 Å². The van der Waals surface area contributed by atoms with E-state index in [1.165, 1.54) is 19.3 Å². The van der Waals surface area contributed by atoms with E-state index in [4.69, 9.17) is 4.98 Å². The Bertz CT molecular complexity index is 654. The van der Waals surface area contributed by atoms with Crippen molar-refractivity contribution >= 4 is 18.1 Å². The Morgan fingerprint density at radius 2 is 1.93 bits per heavy atom. The van der Waals surface area contributed by atoms with Gasteiger partial charge in [0.2, 0.25) is 5.95 Å². The van der Waals surface area contributed by atoms with Crippen molar-refractivity contribution < 1.29 is 4.79 Å². The molecule has 0 spiro atoms. The molecule has 0 amide bonds. The molecule has 2 unspecified atom stereocenters. The molecule has 4 rings (SSSR count). The highest BCUT2D eigenvalue weighted by molar-refractivity contribution is 5.77. The van der Waals surface area contributed by atoms with Crippen LogP contribution in [0.15, 0.2) is 6.20 Å². The zero-order chi connectivity index (χ0) is 20.1. The number of rotatable bonds is 6. The van der Waals surface area contributed by atoms with E-state index in [-0.39, 0.29) is 5.41 Å². The molecule has 6 nitrogen and oxygen atoms in total. The number of nitrogens with zero attached hydrogens (tertiary/aromatic N) is 3. The van der Waals surface area contributed by atoms with Crippen LogP contribution in [0.25, 0.3) is 0 Å². The van der Waals surface area contributed by atoms with E-state index in [0.717, 1.165) is 56.4 Å². The minimum Gasteiger partial charge on any atom is -0.356 e. The normalized spacial score (nSPS) is 26.1. The number of aromatic nitrogens is 2. The number of hydrogen-bond acceptors (Lipinski definition) is 6. The summed E-state index contributed by atoms with van der Waals surface area (Å²) in [7, 11) is 2.15. The molecule has 2 saturated carbocycles. The summed E-state index contributed by atoms with van der Waals surface area (Å²) in [5, 5.41) is 6.91. The van der Waals surface area contributed by atoms with Crippen LogP contribution in [0.3, 0.4) is 0 Å². The Kier molecular flexibility index (Phi) is 6.91. The van der Waals surface area contributed by atoms with Gasteiger partial charge in [0.1, 0.15) is 12.1 Å². The van der Waals surface area contributed by atoms with Crippen molar-refractivity contribution in [3.8, 4) is 0 Å². The molecule has 1 aromatic rings. The number of anilines is 2. The summed E-state index contributed by atoms with van der Waals surface area (Å²) in [5.74, 6) is 2.32. The van der Waals surface area contributed by atoms with E-state index in [0.29, 0.717) is 23.9 Å². The number of hydrogen-bond donors (Lipinski definition) is 2. The maximum Gasteiger partial charge on any atom is 0.224 e. The first-order valence-corrected chi connectivity index (χ1v) is 11.2. The van der Waals surface area contributed by atoms with Gasteiger partial charge in [0.25, 0.3) is 0 Å². The molecular formula is C22H37N5O. The molecule has 156 valence electrons. The highest BCUT2D eigenvalue weighted by atomic mass is 16.1. The SMILES string of the molecule is CC.CC1CCCC1N(C)c1nc(NC2CCNCC2)ncc1C1(C=O)CC1. The van der Waals surface area contributed by atoms with Gasteiger partial charge in [-0.1, -0.05) is 27.2 Å². The fourth-order valence-corrected chi connectivity index (χ4v) is 4.65. The van der Waals surface area contributed by atoms with Crippen LogP contribution in [0.5, 0.6) is 0 Å². The average Bonchev–Trinajstić information content (AvgIpc) is 3.43. The monoisotopic (exact) mass is 387 g/mol. The van der Waals surface area contributed by atoms with Crippen LogP contribution in [0.1, 0.15) is 71.3 Å². The van der Waals surface area contributed by atoms with Gasteiger partial charge >= 0.3 is 0 Å². The topological polar surface area (TPSA) is 70.2 Å². The van der Waals surface area contributed by atoms with Crippen molar-refractivity contribution in [2.24, 2.45) is 5.92 Å². The summed E-state index contributed by atoms with van der Waals surface area (Å²) in [5.41, 5.74) is 0.670. The molecule has 0 aromatic carbocycles. The van der Waals surface area contributed by atoms with Gasteiger partial charge in [0.15, 0.2) is 0 Å². The highest BCUT2D eigenvalue weighted by Gasteiger charge is 2.47. The molecule has 2 heterocycles. The van der Waals surface area contributed by atoms with Crippen molar-refractivity contribution in [2.75, 3.05) is 30.4 Å². The number of aldehydes is 1. The predicted molar refractivity (Wildman–Crippen MR) is 115 cm³/mol. The van der Waals surface area contributed by atoms with Crippen LogP contribution in [-0.4, -0.2) is 48.5 Å². The highest BCUT2D eigenvalue weighted by Crippen LogP contribution is 2.49. The van der Waals surface area contributed by atoms with Gasteiger partial charge in [-0.15, -0.1) is 0 Å². The second kappa shape index (κ2) is 9.21. The van der Waals surface area contributed by atoms with Gasteiger partial charge in [-0.3, -0.25) is 0 Å². The minimum absolute atomic E-state index is 0.348. The summed E-state index contributed by atoms with van der Waals surface area (Å²) in [4.78, 5) is 23.6. The number of nitrogens with one attached hydrogen (secondary N) is 2. The third kappa shape index (κ3) is 4.32. The molecule has 2 atom stereocenters. The van der Waals surface area contributed by atoms with Crippen LogP contribution in [0.4, 0.5) is 11.8 Å². The maximum atomic E-state index is 11.8. The van der Waals surface area contributed by atoms with Gasteiger partial charge < -0.3 is 20.3 Å². The summed E-state index contributed by atoms with van der Waals surface area (Å²) in [6, 6.07) is 0.921. The second-order valence-corrected chi connectivity index (χ2v) is 8.46. The molecule has 2 N–H and O–H groups in total. The molecule has 1 aromatic heterocycles.